The fraction of sp³-hybridized carbons (Fsp3) is 0.619. The first-order valence-corrected chi connectivity index (χ1v) is 10.6. The zero-order valence-corrected chi connectivity index (χ0v) is 16.6. The second kappa shape index (κ2) is 6.61. The Kier molecular flexibility index (Phi) is 4.56. The van der Waals surface area contributed by atoms with Crippen molar-refractivity contribution in [2.75, 3.05) is 0 Å². The minimum absolute atomic E-state index is 0.0270. The normalized spacial score (nSPS) is 28.9. The van der Waals surface area contributed by atoms with Crippen LogP contribution in [0.3, 0.4) is 0 Å². The average molecular weight is 373 g/mol. The maximum atomic E-state index is 12.6. The van der Waals surface area contributed by atoms with E-state index in [1.807, 2.05) is 19.9 Å². The predicted molar refractivity (Wildman–Crippen MR) is 106 cm³/mol. The van der Waals surface area contributed by atoms with E-state index >= 15 is 0 Å². The van der Waals surface area contributed by atoms with Gasteiger partial charge in [0.05, 0.1) is 21.4 Å². The van der Waals surface area contributed by atoms with Crippen molar-refractivity contribution in [1.29, 1.82) is 0 Å². The molecule has 4 nitrogen and oxygen atoms in total. The quantitative estimate of drug-likeness (QED) is 0.832. The van der Waals surface area contributed by atoms with Crippen molar-refractivity contribution in [3.05, 3.63) is 28.8 Å². The number of carbonyl (C=O) groups is 1. The predicted octanol–water partition coefficient (Wildman–Crippen LogP) is 4.48. The Morgan fingerprint density at radius 3 is 2.58 bits per heavy atom. The van der Waals surface area contributed by atoms with E-state index in [-0.39, 0.29) is 11.9 Å². The molecule has 2 N–H and O–H groups in total. The molecule has 2 aliphatic carbocycles. The molecule has 5 heteroatoms. The molecule has 2 atom stereocenters. The van der Waals surface area contributed by atoms with Crippen LogP contribution in [0.1, 0.15) is 74.0 Å². The third-order valence-electron chi connectivity index (χ3n) is 6.19. The van der Waals surface area contributed by atoms with Gasteiger partial charge in [0.15, 0.2) is 0 Å². The summed E-state index contributed by atoms with van der Waals surface area (Å²) in [7, 11) is 0. The van der Waals surface area contributed by atoms with Crippen molar-refractivity contribution >= 4 is 27.5 Å². The Balaban J connectivity index is 1.40. The van der Waals surface area contributed by atoms with E-state index in [1.165, 1.54) is 11.3 Å². The molecule has 140 valence electrons. The summed E-state index contributed by atoms with van der Waals surface area (Å²) in [4.78, 5) is 18.6. The van der Waals surface area contributed by atoms with E-state index in [0.717, 1.165) is 41.8 Å². The van der Waals surface area contributed by atoms with Crippen molar-refractivity contribution in [3.8, 4) is 0 Å². The maximum Gasteiger partial charge on any atom is 0.253 e. The molecule has 2 saturated carbocycles. The van der Waals surface area contributed by atoms with Gasteiger partial charge in [-0.25, -0.2) is 0 Å². The lowest BCUT2D eigenvalue weighted by atomic mass is 9.77. The fourth-order valence-corrected chi connectivity index (χ4v) is 5.48. The van der Waals surface area contributed by atoms with Gasteiger partial charge in [0.25, 0.3) is 5.91 Å². The van der Waals surface area contributed by atoms with Crippen molar-refractivity contribution in [1.82, 2.24) is 10.3 Å². The average Bonchev–Trinajstić information content (AvgIpc) is 3.17. The molecule has 0 bridgehead atoms. The molecule has 2 aromatic heterocycles. The van der Waals surface area contributed by atoms with Gasteiger partial charge in [-0.3, -0.25) is 9.78 Å². The number of rotatable bonds is 4. The minimum Gasteiger partial charge on any atom is -0.390 e. The van der Waals surface area contributed by atoms with Gasteiger partial charge in [-0.05, 0) is 75.8 Å². The zero-order valence-electron chi connectivity index (χ0n) is 15.8. The van der Waals surface area contributed by atoms with E-state index in [0.29, 0.717) is 17.4 Å². The van der Waals surface area contributed by atoms with Crippen LogP contribution in [-0.4, -0.2) is 27.6 Å². The third kappa shape index (κ3) is 3.65. The van der Waals surface area contributed by atoms with E-state index in [9.17, 15) is 9.90 Å². The number of nitrogens with zero attached hydrogens (tertiary/aromatic N) is 1. The summed E-state index contributed by atoms with van der Waals surface area (Å²) in [6.45, 7) is 6.05. The summed E-state index contributed by atoms with van der Waals surface area (Å²) < 4.78 is 1.11. The zero-order chi connectivity index (χ0) is 18.5. The smallest absolute Gasteiger partial charge is 0.253 e. The highest BCUT2D eigenvalue weighted by Crippen LogP contribution is 2.50. The van der Waals surface area contributed by atoms with E-state index in [4.69, 9.17) is 0 Å². The molecule has 2 fully saturated rings. The highest BCUT2D eigenvalue weighted by Gasteiger charge is 2.35. The van der Waals surface area contributed by atoms with Crippen LogP contribution in [0.2, 0.25) is 0 Å². The molecule has 4 rings (SSSR count). The fourth-order valence-electron chi connectivity index (χ4n) is 4.17. The van der Waals surface area contributed by atoms with Crippen LogP contribution in [-0.2, 0) is 0 Å². The van der Waals surface area contributed by atoms with E-state index in [1.54, 1.807) is 17.5 Å². The van der Waals surface area contributed by atoms with Gasteiger partial charge in [0.2, 0.25) is 0 Å². The van der Waals surface area contributed by atoms with Gasteiger partial charge in [0, 0.05) is 17.1 Å². The number of aromatic nitrogens is 1. The van der Waals surface area contributed by atoms with Gasteiger partial charge in [-0.2, -0.15) is 0 Å². The molecule has 2 aliphatic rings. The van der Waals surface area contributed by atoms with Gasteiger partial charge < -0.3 is 10.4 Å². The number of amides is 1. The number of aliphatic hydroxyl groups is 1. The second-order valence-electron chi connectivity index (χ2n) is 8.75. The van der Waals surface area contributed by atoms with Gasteiger partial charge in [-0.15, -0.1) is 11.3 Å². The number of fused-ring (bicyclic) bond motifs is 1. The number of pyridine rings is 1. The molecule has 0 unspecified atom stereocenters. The summed E-state index contributed by atoms with van der Waals surface area (Å²) in [6.07, 6.45) is 6.75. The monoisotopic (exact) mass is 372 g/mol. The molecular weight excluding hydrogens is 344 g/mol. The van der Waals surface area contributed by atoms with Crippen LogP contribution in [0.4, 0.5) is 0 Å². The van der Waals surface area contributed by atoms with Gasteiger partial charge in [0.1, 0.15) is 0 Å². The molecular formula is C21H28N2O2S. The van der Waals surface area contributed by atoms with Crippen LogP contribution < -0.4 is 5.32 Å². The SMILES string of the molecule is C[C@@H]1C[C@@H]1c1cc2ncc(C(=O)N[C@H]3CC[C@H](C(C)(C)O)CC3)cc2s1. The summed E-state index contributed by atoms with van der Waals surface area (Å²) in [5.74, 6) is 1.77. The minimum atomic E-state index is -0.625. The standard InChI is InChI=1S/C21H28N2O2S/c1-12-8-16(12)18-10-17-19(26-18)9-13(11-22-17)20(24)23-15-6-4-14(5-7-15)21(2,3)25/h9-12,14-16,25H,4-8H2,1-3H3,(H,23,24)/t12-,14-,15-,16+/m1/s1. The Morgan fingerprint density at radius 1 is 1.27 bits per heavy atom. The van der Waals surface area contributed by atoms with Crippen molar-refractivity contribution in [2.24, 2.45) is 11.8 Å². The molecule has 0 radical (unpaired) electrons. The van der Waals surface area contributed by atoms with E-state index in [2.05, 4.69) is 23.3 Å². The van der Waals surface area contributed by atoms with Gasteiger partial charge >= 0.3 is 0 Å². The van der Waals surface area contributed by atoms with Gasteiger partial charge in [-0.1, -0.05) is 6.92 Å². The number of carbonyl (C=O) groups excluding carboxylic acids is 1. The van der Waals surface area contributed by atoms with Crippen molar-refractivity contribution in [2.45, 2.75) is 70.4 Å². The molecule has 26 heavy (non-hydrogen) atoms. The summed E-state index contributed by atoms with van der Waals surface area (Å²) in [5.41, 5.74) is 1.03. The van der Waals surface area contributed by atoms with E-state index < -0.39 is 5.60 Å². The Labute approximate surface area is 159 Å². The highest BCUT2D eigenvalue weighted by molar-refractivity contribution is 7.19. The van der Waals surface area contributed by atoms with Crippen LogP contribution in [0.25, 0.3) is 10.2 Å². The largest absolute Gasteiger partial charge is 0.390 e. The number of hydrogen-bond acceptors (Lipinski definition) is 4. The molecule has 0 aromatic carbocycles. The van der Waals surface area contributed by atoms with Crippen LogP contribution in [0.15, 0.2) is 18.3 Å². The molecule has 2 heterocycles. The first-order valence-electron chi connectivity index (χ1n) is 9.74. The van der Waals surface area contributed by atoms with Crippen molar-refractivity contribution < 1.29 is 9.90 Å². The molecule has 0 aliphatic heterocycles. The Morgan fingerprint density at radius 2 is 1.96 bits per heavy atom. The number of hydrogen-bond donors (Lipinski definition) is 2. The van der Waals surface area contributed by atoms with Crippen LogP contribution in [0, 0.1) is 11.8 Å². The lowest BCUT2D eigenvalue weighted by Crippen LogP contribution is -2.41. The molecule has 0 saturated heterocycles. The Hall–Kier alpha value is -1.46. The molecule has 2 aromatic rings. The third-order valence-corrected chi connectivity index (χ3v) is 7.39. The second-order valence-corrected chi connectivity index (χ2v) is 9.87. The van der Waals surface area contributed by atoms with Crippen LogP contribution in [0.5, 0.6) is 0 Å². The lowest BCUT2D eigenvalue weighted by Gasteiger charge is -2.36. The van der Waals surface area contributed by atoms with Crippen LogP contribution >= 0.6 is 11.3 Å². The number of thiophene rings is 1. The molecule has 0 spiro atoms. The maximum absolute atomic E-state index is 12.6. The summed E-state index contributed by atoms with van der Waals surface area (Å²) >= 11 is 1.78. The first kappa shape index (κ1) is 17.9. The lowest BCUT2D eigenvalue weighted by molar-refractivity contribution is -0.00257. The topological polar surface area (TPSA) is 62.2 Å². The first-order chi connectivity index (χ1) is 12.3. The summed E-state index contributed by atoms with van der Waals surface area (Å²) in [5, 5.41) is 13.3. The van der Waals surface area contributed by atoms with Crippen molar-refractivity contribution in [3.63, 3.8) is 0 Å². The summed E-state index contributed by atoms with van der Waals surface area (Å²) in [6, 6.07) is 4.37. The Bertz CT molecular complexity index is 815. The molecule has 1 amide bonds. The highest BCUT2D eigenvalue weighted by atomic mass is 32.1. The number of nitrogens with one attached hydrogen (secondary N) is 1.